The summed E-state index contributed by atoms with van der Waals surface area (Å²) in [7, 11) is 2.16. The van der Waals surface area contributed by atoms with Gasteiger partial charge in [0.2, 0.25) is 17.6 Å². The first-order valence-electron chi connectivity index (χ1n) is 8.95. The molecule has 0 bridgehead atoms. The third kappa shape index (κ3) is 5.13. The van der Waals surface area contributed by atoms with Crippen LogP contribution in [0.2, 0.25) is 0 Å². The summed E-state index contributed by atoms with van der Waals surface area (Å²) in [6, 6.07) is 7.86. The largest absolute Gasteiger partial charge is 0.352 e. The molecule has 2 aromatic rings. The molecule has 1 aromatic carbocycles. The Bertz CT molecular complexity index is 696. The van der Waals surface area contributed by atoms with Crippen LogP contribution in [0.25, 0.3) is 11.4 Å². The molecule has 134 valence electrons. The van der Waals surface area contributed by atoms with Crippen LogP contribution in [0.15, 0.2) is 28.8 Å². The fourth-order valence-corrected chi connectivity index (χ4v) is 3.32. The summed E-state index contributed by atoms with van der Waals surface area (Å²) >= 11 is 0. The van der Waals surface area contributed by atoms with Crippen LogP contribution in [-0.4, -0.2) is 41.1 Å². The Morgan fingerprint density at radius 3 is 2.84 bits per heavy atom. The number of carbonyl (C=O) groups excluding carboxylic acids is 1. The molecule has 1 saturated heterocycles. The molecule has 6 nitrogen and oxygen atoms in total. The molecule has 0 spiro atoms. The Morgan fingerprint density at radius 2 is 2.16 bits per heavy atom. The zero-order valence-corrected chi connectivity index (χ0v) is 15.0. The van der Waals surface area contributed by atoms with Crippen LogP contribution in [0.4, 0.5) is 0 Å². The summed E-state index contributed by atoms with van der Waals surface area (Å²) in [5, 5.41) is 6.92. The predicted molar refractivity (Wildman–Crippen MR) is 95.8 cm³/mol. The van der Waals surface area contributed by atoms with Crippen LogP contribution in [0.3, 0.4) is 0 Å². The Hall–Kier alpha value is -2.21. The molecule has 1 fully saturated rings. The molecule has 1 N–H and O–H groups in total. The van der Waals surface area contributed by atoms with Gasteiger partial charge in [-0.1, -0.05) is 29.4 Å². The molecule has 25 heavy (non-hydrogen) atoms. The highest BCUT2D eigenvalue weighted by Gasteiger charge is 2.17. The lowest BCUT2D eigenvalue weighted by Crippen LogP contribution is -2.33. The summed E-state index contributed by atoms with van der Waals surface area (Å²) in [6.45, 7) is 4.62. The van der Waals surface area contributed by atoms with E-state index in [0.717, 1.165) is 24.1 Å². The van der Waals surface area contributed by atoms with E-state index in [1.54, 1.807) is 6.92 Å². The molecule has 1 aliphatic heterocycles. The summed E-state index contributed by atoms with van der Waals surface area (Å²) in [6.07, 6.45) is 4.08. The number of carbonyl (C=O) groups is 1. The Labute approximate surface area is 148 Å². The maximum absolute atomic E-state index is 12.1. The highest BCUT2D eigenvalue weighted by atomic mass is 16.5. The average Bonchev–Trinajstić information content (AvgIpc) is 3.05. The second kappa shape index (κ2) is 8.25. The van der Waals surface area contributed by atoms with Gasteiger partial charge in [-0.3, -0.25) is 4.79 Å². The van der Waals surface area contributed by atoms with Crippen molar-refractivity contribution < 1.29 is 9.32 Å². The normalized spacial score (nSPS) is 18.2. The van der Waals surface area contributed by atoms with Gasteiger partial charge < -0.3 is 14.7 Å². The van der Waals surface area contributed by atoms with E-state index in [4.69, 9.17) is 4.52 Å². The number of aryl methyl sites for hydroxylation is 1. The number of nitrogens with zero attached hydrogens (tertiary/aromatic N) is 3. The number of nitrogens with one attached hydrogen (secondary N) is 1. The molecule has 0 aliphatic carbocycles. The summed E-state index contributed by atoms with van der Waals surface area (Å²) in [5.41, 5.74) is 1.98. The lowest BCUT2D eigenvalue weighted by Gasteiger charge is -2.29. The van der Waals surface area contributed by atoms with Gasteiger partial charge in [-0.25, -0.2) is 0 Å². The van der Waals surface area contributed by atoms with Crippen molar-refractivity contribution in [2.24, 2.45) is 5.92 Å². The molecule has 1 aromatic heterocycles. The van der Waals surface area contributed by atoms with Crippen LogP contribution in [0.1, 0.15) is 37.1 Å². The molecule has 0 saturated carbocycles. The van der Waals surface area contributed by atoms with Crippen molar-refractivity contribution in [3.05, 3.63) is 35.7 Å². The lowest BCUT2D eigenvalue weighted by atomic mass is 9.93. The lowest BCUT2D eigenvalue weighted by molar-refractivity contribution is -0.121. The number of likely N-dealkylation sites (tertiary alicyclic amines) is 1. The van der Waals surface area contributed by atoms with Crippen LogP contribution >= 0.6 is 0 Å². The van der Waals surface area contributed by atoms with E-state index in [1.807, 2.05) is 24.3 Å². The Balaban J connectivity index is 1.42. The fourth-order valence-electron chi connectivity index (χ4n) is 3.32. The van der Waals surface area contributed by atoms with Gasteiger partial charge in [0, 0.05) is 32.0 Å². The second-order valence-electron chi connectivity index (χ2n) is 6.92. The van der Waals surface area contributed by atoms with E-state index in [1.165, 1.54) is 19.4 Å². The quantitative estimate of drug-likeness (QED) is 0.874. The molecule has 1 amide bonds. The fraction of sp³-hybridized carbons (Fsp3) is 0.526. The minimum absolute atomic E-state index is 0.131. The highest BCUT2D eigenvalue weighted by Crippen LogP contribution is 2.20. The van der Waals surface area contributed by atoms with Gasteiger partial charge >= 0.3 is 0 Å². The number of rotatable bonds is 6. The molecule has 6 heteroatoms. The van der Waals surface area contributed by atoms with Crippen LogP contribution in [-0.2, 0) is 11.3 Å². The Morgan fingerprint density at radius 1 is 1.36 bits per heavy atom. The van der Waals surface area contributed by atoms with Gasteiger partial charge in [0.15, 0.2) is 0 Å². The van der Waals surface area contributed by atoms with Crippen molar-refractivity contribution in [3.8, 4) is 11.4 Å². The monoisotopic (exact) mass is 342 g/mol. The number of hydrogen-bond donors (Lipinski definition) is 1. The maximum Gasteiger partial charge on any atom is 0.223 e. The number of hydrogen-bond acceptors (Lipinski definition) is 5. The van der Waals surface area contributed by atoms with E-state index in [0.29, 0.717) is 30.6 Å². The average molecular weight is 342 g/mol. The molecule has 1 unspecified atom stereocenters. The van der Waals surface area contributed by atoms with E-state index in [9.17, 15) is 4.79 Å². The van der Waals surface area contributed by atoms with Gasteiger partial charge in [0.05, 0.1) is 0 Å². The van der Waals surface area contributed by atoms with E-state index in [2.05, 4.69) is 27.4 Å². The number of piperidine rings is 1. The molecule has 3 rings (SSSR count). The first-order valence-corrected chi connectivity index (χ1v) is 8.95. The van der Waals surface area contributed by atoms with Gasteiger partial charge in [-0.2, -0.15) is 4.98 Å². The zero-order valence-electron chi connectivity index (χ0n) is 15.0. The van der Waals surface area contributed by atoms with Crippen LogP contribution in [0.5, 0.6) is 0 Å². The number of amides is 1. The first kappa shape index (κ1) is 17.6. The minimum atomic E-state index is 0.131. The van der Waals surface area contributed by atoms with Crippen molar-refractivity contribution in [2.45, 2.75) is 39.2 Å². The van der Waals surface area contributed by atoms with Crippen LogP contribution < -0.4 is 5.32 Å². The third-order valence-electron chi connectivity index (χ3n) is 4.73. The van der Waals surface area contributed by atoms with Gasteiger partial charge in [0.1, 0.15) is 0 Å². The van der Waals surface area contributed by atoms with Crippen molar-refractivity contribution in [1.29, 1.82) is 0 Å². The smallest absolute Gasteiger partial charge is 0.223 e. The van der Waals surface area contributed by atoms with Crippen LogP contribution in [0, 0.1) is 12.8 Å². The van der Waals surface area contributed by atoms with Gasteiger partial charge in [0.25, 0.3) is 0 Å². The van der Waals surface area contributed by atoms with Crippen molar-refractivity contribution in [2.75, 3.05) is 20.1 Å². The maximum atomic E-state index is 12.1. The molecule has 2 heterocycles. The predicted octanol–water partition coefficient (Wildman–Crippen LogP) is 2.78. The van der Waals surface area contributed by atoms with Crippen molar-refractivity contribution >= 4 is 5.91 Å². The standard InChI is InChI=1S/C19H26N4O2/c1-14-21-19(22-25-14)17-8-5-15(6-9-17)12-20-18(24)10-7-16-4-3-11-23(2)13-16/h5-6,8-9,16H,3-4,7,10-13H2,1-2H3,(H,20,24). The Kier molecular flexibility index (Phi) is 5.81. The molecular formula is C19H26N4O2. The van der Waals surface area contributed by atoms with Crippen molar-refractivity contribution in [3.63, 3.8) is 0 Å². The molecule has 1 aliphatic rings. The van der Waals surface area contributed by atoms with E-state index < -0.39 is 0 Å². The first-order chi connectivity index (χ1) is 12.1. The van der Waals surface area contributed by atoms with Gasteiger partial charge in [-0.15, -0.1) is 0 Å². The van der Waals surface area contributed by atoms with Gasteiger partial charge in [-0.05, 0) is 44.3 Å². The topological polar surface area (TPSA) is 71.3 Å². The van der Waals surface area contributed by atoms with E-state index in [-0.39, 0.29) is 5.91 Å². The summed E-state index contributed by atoms with van der Waals surface area (Å²) in [5.74, 6) is 1.93. The SMILES string of the molecule is Cc1nc(-c2ccc(CNC(=O)CCC3CCCN(C)C3)cc2)no1. The molecule has 1 atom stereocenters. The summed E-state index contributed by atoms with van der Waals surface area (Å²) in [4.78, 5) is 18.6. The third-order valence-corrected chi connectivity index (χ3v) is 4.73. The highest BCUT2D eigenvalue weighted by molar-refractivity contribution is 5.75. The number of benzene rings is 1. The van der Waals surface area contributed by atoms with Crippen molar-refractivity contribution in [1.82, 2.24) is 20.4 Å². The minimum Gasteiger partial charge on any atom is -0.352 e. The second-order valence-corrected chi connectivity index (χ2v) is 6.92. The summed E-state index contributed by atoms with van der Waals surface area (Å²) < 4.78 is 4.99. The molecular weight excluding hydrogens is 316 g/mol. The number of aromatic nitrogens is 2. The molecule has 0 radical (unpaired) electrons. The zero-order chi connectivity index (χ0) is 17.6. The van der Waals surface area contributed by atoms with E-state index >= 15 is 0 Å².